The van der Waals surface area contributed by atoms with E-state index in [1.165, 1.54) is 30.5 Å². The summed E-state index contributed by atoms with van der Waals surface area (Å²) in [5, 5.41) is -0.0812. The molecule has 1 aliphatic heterocycles. The van der Waals surface area contributed by atoms with Crippen molar-refractivity contribution in [1.82, 2.24) is 14.5 Å². The lowest BCUT2D eigenvalue weighted by atomic mass is 10.1. The Labute approximate surface area is 204 Å². The molecule has 0 radical (unpaired) electrons. The van der Waals surface area contributed by atoms with Crippen molar-refractivity contribution in [3.05, 3.63) is 71.7 Å². The number of ether oxygens (including phenoxy) is 1. The third-order valence-electron chi connectivity index (χ3n) is 5.95. The maximum atomic E-state index is 13.4. The molecule has 0 aliphatic carbocycles. The van der Waals surface area contributed by atoms with Crippen LogP contribution in [0, 0.1) is 11.7 Å². The number of amides is 1. The first-order chi connectivity index (χ1) is 16.7. The van der Waals surface area contributed by atoms with E-state index in [9.17, 15) is 17.6 Å². The van der Waals surface area contributed by atoms with Gasteiger partial charge in [0, 0.05) is 12.5 Å². The van der Waals surface area contributed by atoms with E-state index < -0.39 is 15.7 Å². The van der Waals surface area contributed by atoms with Crippen molar-refractivity contribution in [3.8, 4) is 0 Å². The van der Waals surface area contributed by atoms with E-state index in [1.54, 1.807) is 27.9 Å². The van der Waals surface area contributed by atoms with Crippen molar-refractivity contribution in [2.24, 2.45) is 5.92 Å². The van der Waals surface area contributed by atoms with Crippen LogP contribution < -0.4 is 0 Å². The summed E-state index contributed by atoms with van der Waals surface area (Å²) < 4.78 is 52.9. The van der Waals surface area contributed by atoms with Crippen molar-refractivity contribution < 1.29 is 26.8 Å². The number of carbonyl (C=O) groups is 1. The quantitative estimate of drug-likeness (QED) is 0.416. The van der Waals surface area contributed by atoms with Gasteiger partial charge in [-0.3, -0.25) is 4.79 Å². The van der Waals surface area contributed by atoms with Crippen LogP contribution >= 0.6 is 0 Å². The zero-order chi connectivity index (χ0) is 25.0. The van der Waals surface area contributed by atoms with Gasteiger partial charge in [-0.1, -0.05) is 26.0 Å². The van der Waals surface area contributed by atoms with Crippen molar-refractivity contribution in [2.45, 2.75) is 63.3 Å². The Morgan fingerprint density at radius 2 is 2.00 bits per heavy atom. The molecule has 35 heavy (non-hydrogen) atoms. The number of halogens is 1. The first-order valence-electron chi connectivity index (χ1n) is 11.7. The average Bonchev–Trinajstić information content (AvgIpc) is 3.58. The number of nitrogens with zero attached hydrogens (tertiary/aromatic N) is 3. The topological polar surface area (TPSA) is 94.6 Å². The molecule has 0 bridgehead atoms. The molecule has 4 rings (SSSR count). The smallest absolute Gasteiger partial charge is 0.228 e. The third-order valence-corrected chi connectivity index (χ3v) is 7.54. The molecule has 0 saturated carbocycles. The Morgan fingerprint density at radius 1 is 1.23 bits per heavy atom. The Morgan fingerprint density at radius 3 is 2.63 bits per heavy atom. The Kier molecular flexibility index (Phi) is 7.71. The van der Waals surface area contributed by atoms with Crippen LogP contribution in [0.2, 0.25) is 0 Å². The van der Waals surface area contributed by atoms with Gasteiger partial charge in [-0.15, -0.1) is 0 Å². The normalized spacial score (nSPS) is 16.2. The number of rotatable bonds is 10. The van der Waals surface area contributed by atoms with Gasteiger partial charge in [0.05, 0.1) is 49.6 Å². The number of hydrogen-bond donors (Lipinski definition) is 0. The van der Waals surface area contributed by atoms with Gasteiger partial charge in [0.25, 0.3) is 0 Å². The SMILES string of the molecule is CC(C)C(=O)N(Cc1ccco1)Cc1cnc(S(=O)(=O)Cc2ccc(F)cc2)n1CC1CCCO1. The second-order valence-corrected chi connectivity index (χ2v) is 11.0. The van der Waals surface area contributed by atoms with Gasteiger partial charge in [-0.05, 0) is 42.7 Å². The molecular weight excluding hydrogens is 473 g/mol. The van der Waals surface area contributed by atoms with Crippen molar-refractivity contribution in [3.63, 3.8) is 0 Å². The zero-order valence-electron chi connectivity index (χ0n) is 19.9. The number of furan rings is 1. The van der Waals surface area contributed by atoms with Gasteiger partial charge in [0.2, 0.25) is 20.9 Å². The van der Waals surface area contributed by atoms with Gasteiger partial charge in [-0.2, -0.15) is 0 Å². The molecule has 3 heterocycles. The van der Waals surface area contributed by atoms with Gasteiger partial charge < -0.3 is 18.6 Å². The fourth-order valence-corrected chi connectivity index (χ4v) is 5.68. The summed E-state index contributed by atoms with van der Waals surface area (Å²) in [4.78, 5) is 18.9. The molecule has 1 fully saturated rings. The number of sulfone groups is 1. The molecule has 0 spiro atoms. The van der Waals surface area contributed by atoms with Crippen LogP contribution in [0.4, 0.5) is 4.39 Å². The number of carbonyl (C=O) groups excluding carboxylic acids is 1. The lowest BCUT2D eigenvalue weighted by Gasteiger charge is -2.25. The van der Waals surface area contributed by atoms with Crippen molar-refractivity contribution in [1.29, 1.82) is 0 Å². The molecule has 1 saturated heterocycles. The van der Waals surface area contributed by atoms with Gasteiger partial charge >= 0.3 is 0 Å². The van der Waals surface area contributed by atoms with E-state index in [4.69, 9.17) is 9.15 Å². The van der Waals surface area contributed by atoms with Gasteiger partial charge in [0.1, 0.15) is 11.6 Å². The molecule has 1 amide bonds. The fourth-order valence-electron chi connectivity index (χ4n) is 4.18. The number of benzene rings is 1. The second kappa shape index (κ2) is 10.7. The van der Waals surface area contributed by atoms with E-state index in [0.29, 0.717) is 30.2 Å². The minimum absolute atomic E-state index is 0.0812. The molecule has 3 aromatic rings. The van der Waals surface area contributed by atoms with Crippen LogP contribution in [0.5, 0.6) is 0 Å². The predicted molar refractivity (Wildman–Crippen MR) is 126 cm³/mol. The van der Waals surface area contributed by atoms with E-state index in [2.05, 4.69) is 4.98 Å². The summed E-state index contributed by atoms with van der Waals surface area (Å²) in [5.41, 5.74) is 1.06. The van der Waals surface area contributed by atoms with Crippen LogP contribution in [0.25, 0.3) is 0 Å². The lowest BCUT2D eigenvalue weighted by Crippen LogP contribution is -2.34. The standard InChI is InChI=1S/C25H30FN3O5S/c1-18(2)24(30)28(15-22-5-3-11-33-22)14-21-13-27-25(29(21)16-23-6-4-12-34-23)35(31,32)17-19-7-9-20(26)10-8-19/h3,5,7-11,13,18,23H,4,6,12,14-17H2,1-2H3. The van der Waals surface area contributed by atoms with Crippen LogP contribution in [0.15, 0.2) is 58.4 Å². The molecule has 0 N–H and O–H groups in total. The predicted octanol–water partition coefficient (Wildman–Crippen LogP) is 3.95. The molecular formula is C25H30FN3O5S. The maximum absolute atomic E-state index is 13.4. The number of imidazole rings is 1. The highest BCUT2D eigenvalue weighted by atomic mass is 32.2. The van der Waals surface area contributed by atoms with Crippen molar-refractivity contribution >= 4 is 15.7 Å². The van der Waals surface area contributed by atoms with E-state index >= 15 is 0 Å². The summed E-state index contributed by atoms with van der Waals surface area (Å²) >= 11 is 0. The first-order valence-corrected chi connectivity index (χ1v) is 13.3. The highest BCUT2D eigenvalue weighted by Crippen LogP contribution is 2.23. The third kappa shape index (κ3) is 6.18. The van der Waals surface area contributed by atoms with Crippen molar-refractivity contribution in [2.75, 3.05) is 6.61 Å². The first kappa shape index (κ1) is 25.1. The molecule has 1 aliphatic rings. The van der Waals surface area contributed by atoms with Gasteiger partial charge in [0.15, 0.2) is 0 Å². The van der Waals surface area contributed by atoms with E-state index in [1.807, 2.05) is 13.8 Å². The average molecular weight is 504 g/mol. The minimum Gasteiger partial charge on any atom is -0.467 e. The molecule has 2 aromatic heterocycles. The second-order valence-electron chi connectivity index (χ2n) is 9.09. The fraction of sp³-hybridized carbons (Fsp3) is 0.440. The van der Waals surface area contributed by atoms with Crippen LogP contribution in [0.1, 0.15) is 43.7 Å². The summed E-state index contributed by atoms with van der Waals surface area (Å²) in [5.74, 6) is -0.438. The molecule has 10 heteroatoms. The summed E-state index contributed by atoms with van der Waals surface area (Å²) in [7, 11) is -3.85. The van der Waals surface area contributed by atoms with E-state index in [-0.39, 0.29) is 41.9 Å². The monoisotopic (exact) mass is 503 g/mol. The largest absolute Gasteiger partial charge is 0.467 e. The maximum Gasteiger partial charge on any atom is 0.228 e. The van der Waals surface area contributed by atoms with Crippen LogP contribution in [-0.2, 0) is 44.8 Å². The summed E-state index contributed by atoms with van der Waals surface area (Å²) in [6.45, 7) is 5.01. The Balaban J connectivity index is 1.66. The summed E-state index contributed by atoms with van der Waals surface area (Å²) in [6, 6.07) is 8.93. The minimum atomic E-state index is -3.85. The highest BCUT2D eigenvalue weighted by Gasteiger charge is 2.29. The lowest BCUT2D eigenvalue weighted by molar-refractivity contribution is -0.136. The molecule has 1 aromatic carbocycles. The Bertz CT molecular complexity index is 1230. The molecule has 188 valence electrons. The van der Waals surface area contributed by atoms with Crippen LogP contribution in [-0.4, -0.2) is 41.5 Å². The Hall–Kier alpha value is -2.98. The number of hydrogen-bond acceptors (Lipinski definition) is 6. The highest BCUT2D eigenvalue weighted by molar-refractivity contribution is 7.90. The molecule has 8 nitrogen and oxygen atoms in total. The van der Waals surface area contributed by atoms with Crippen LogP contribution in [0.3, 0.4) is 0 Å². The molecule has 1 atom stereocenters. The van der Waals surface area contributed by atoms with Gasteiger partial charge in [-0.25, -0.2) is 17.8 Å². The van der Waals surface area contributed by atoms with E-state index in [0.717, 1.165) is 12.8 Å². The molecule has 1 unspecified atom stereocenters. The number of aromatic nitrogens is 2. The zero-order valence-corrected chi connectivity index (χ0v) is 20.7. The summed E-state index contributed by atoms with van der Waals surface area (Å²) in [6.07, 6.45) is 4.64.